The first-order chi connectivity index (χ1) is 14.4. The molecule has 0 saturated heterocycles. The Morgan fingerprint density at radius 1 is 1.33 bits per heavy atom. The van der Waals surface area contributed by atoms with Crippen molar-refractivity contribution < 1.29 is 19.4 Å². The van der Waals surface area contributed by atoms with Crippen LogP contribution in [0.5, 0.6) is 5.88 Å². The van der Waals surface area contributed by atoms with Crippen LogP contribution in [0.1, 0.15) is 41.0 Å². The van der Waals surface area contributed by atoms with Crippen LogP contribution in [-0.2, 0) is 0 Å². The molecule has 1 atom stereocenters. The number of hydrogen-bond acceptors (Lipinski definition) is 7. The van der Waals surface area contributed by atoms with E-state index < -0.39 is 5.97 Å². The van der Waals surface area contributed by atoms with Gasteiger partial charge in [-0.15, -0.1) is 23.5 Å². The van der Waals surface area contributed by atoms with Gasteiger partial charge >= 0.3 is 5.97 Å². The first-order valence-electron chi connectivity index (χ1n) is 9.51. The summed E-state index contributed by atoms with van der Waals surface area (Å²) in [6.45, 7) is 3.80. The molecule has 0 aliphatic carbocycles. The van der Waals surface area contributed by atoms with Gasteiger partial charge in [-0.3, -0.25) is 4.79 Å². The number of hydrogen-bond donors (Lipinski definition) is 2. The van der Waals surface area contributed by atoms with E-state index in [1.807, 2.05) is 25.6 Å². The van der Waals surface area contributed by atoms with Gasteiger partial charge < -0.3 is 15.2 Å². The van der Waals surface area contributed by atoms with Crippen molar-refractivity contribution in [1.82, 2.24) is 9.97 Å². The molecule has 0 fully saturated rings. The second-order valence-corrected chi connectivity index (χ2v) is 9.00. The fourth-order valence-corrected chi connectivity index (χ4v) is 4.63. The summed E-state index contributed by atoms with van der Waals surface area (Å²) in [5, 5.41) is 14.5. The van der Waals surface area contributed by atoms with E-state index in [0.717, 1.165) is 23.0 Å². The number of carboxylic acid groups (broad SMARTS) is 1. The molecule has 3 heterocycles. The Hall–Kier alpha value is -2.52. The Morgan fingerprint density at radius 2 is 2.17 bits per heavy atom. The highest BCUT2D eigenvalue weighted by Crippen LogP contribution is 2.28. The Bertz CT molecular complexity index is 932. The Labute approximate surface area is 183 Å². The van der Waals surface area contributed by atoms with Gasteiger partial charge in [0.1, 0.15) is 10.8 Å². The molecule has 1 unspecified atom stereocenters. The minimum Gasteiger partial charge on any atom is -0.478 e. The van der Waals surface area contributed by atoms with Gasteiger partial charge in [-0.2, -0.15) is 0 Å². The monoisotopic (exact) mass is 445 g/mol. The van der Waals surface area contributed by atoms with Crippen molar-refractivity contribution in [2.75, 3.05) is 16.8 Å². The van der Waals surface area contributed by atoms with Gasteiger partial charge in [0.05, 0.1) is 11.7 Å². The van der Waals surface area contributed by atoms with Crippen LogP contribution < -0.4 is 10.1 Å². The number of anilines is 1. The van der Waals surface area contributed by atoms with E-state index in [0.29, 0.717) is 17.4 Å². The number of allylic oxidation sites excluding steroid dienone is 1. The molecule has 3 rings (SSSR count). The molecule has 0 aromatic carbocycles. The molecular formula is C21H23N3O4S2. The molecular weight excluding hydrogens is 422 g/mol. The fraction of sp³-hybridized carbons (Fsp3) is 0.333. The fourth-order valence-electron chi connectivity index (χ4n) is 2.67. The quantitative estimate of drug-likeness (QED) is 0.541. The molecule has 0 bridgehead atoms. The van der Waals surface area contributed by atoms with E-state index in [1.54, 1.807) is 23.9 Å². The summed E-state index contributed by atoms with van der Waals surface area (Å²) in [4.78, 5) is 32.2. The first kappa shape index (κ1) is 22.2. The van der Waals surface area contributed by atoms with E-state index in [9.17, 15) is 9.59 Å². The van der Waals surface area contributed by atoms with Crippen LogP contribution in [0.2, 0.25) is 0 Å². The van der Waals surface area contributed by atoms with Crippen LogP contribution in [0.25, 0.3) is 0 Å². The van der Waals surface area contributed by atoms with Crippen LogP contribution in [0.3, 0.4) is 0 Å². The molecule has 7 nitrogen and oxygen atoms in total. The van der Waals surface area contributed by atoms with Crippen molar-refractivity contribution in [3.8, 4) is 5.88 Å². The lowest BCUT2D eigenvalue weighted by atomic mass is 10.1. The highest BCUT2D eigenvalue weighted by molar-refractivity contribution is 8.02. The van der Waals surface area contributed by atoms with E-state index in [4.69, 9.17) is 9.84 Å². The number of pyridine rings is 2. The maximum atomic E-state index is 12.7. The Balaban J connectivity index is 1.71. The molecule has 0 spiro atoms. The normalized spacial score (nSPS) is 15.4. The summed E-state index contributed by atoms with van der Waals surface area (Å²) in [5.74, 6) is 1.83. The highest BCUT2D eigenvalue weighted by atomic mass is 32.2. The summed E-state index contributed by atoms with van der Waals surface area (Å²) < 4.78 is 5.72. The minimum atomic E-state index is -1.07. The number of aromatic carboxylic acids is 1. The second-order valence-electron chi connectivity index (χ2n) is 6.95. The first-order valence-corrected chi connectivity index (χ1v) is 11.5. The number of carbonyl (C=O) groups excluding carboxylic acids is 1. The van der Waals surface area contributed by atoms with Gasteiger partial charge in [-0.1, -0.05) is 6.08 Å². The molecule has 2 aromatic rings. The molecule has 2 N–H and O–H groups in total. The zero-order valence-corrected chi connectivity index (χ0v) is 18.3. The highest BCUT2D eigenvalue weighted by Gasteiger charge is 2.15. The summed E-state index contributed by atoms with van der Waals surface area (Å²) in [6.07, 6.45) is 4.42. The summed E-state index contributed by atoms with van der Waals surface area (Å²) >= 11 is 3.43. The number of nitrogens with zero attached hydrogens (tertiary/aromatic N) is 2. The number of rotatable bonds is 9. The zero-order valence-electron chi connectivity index (χ0n) is 16.7. The van der Waals surface area contributed by atoms with Gasteiger partial charge in [-0.25, -0.2) is 14.8 Å². The van der Waals surface area contributed by atoms with Crippen LogP contribution in [0.15, 0.2) is 47.0 Å². The van der Waals surface area contributed by atoms with Gasteiger partial charge in [0, 0.05) is 29.3 Å². The van der Waals surface area contributed by atoms with E-state index in [2.05, 4.69) is 26.8 Å². The molecule has 2 aromatic heterocycles. The van der Waals surface area contributed by atoms with Gasteiger partial charge in [0.25, 0.3) is 5.91 Å². The number of ether oxygens (including phenoxy) is 1. The Kier molecular flexibility index (Phi) is 7.75. The van der Waals surface area contributed by atoms with Crippen LogP contribution in [0.4, 0.5) is 5.82 Å². The third-order valence-electron chi connectivity index (χ3n) is 4.14. The van der Waals surface area contributed by atoms with Crippen LogP contribution in [-0.4, -0.2) is 44.6 Å². The van der Waals surface area contributed by atoms with Crippen molar-refractivity contribution in [1.29, 1.82) is 0 Å². The molecule has 0 radical (unpaired) electrons. The summed E-state index contributed by atoms with van der Waals surface area (Å²) in [6, 6.07) is 6.18. The standard InChI is InChI=1S/C21H23N3O4S2/c1-13(2)28-18-9-16(10-19(24-18)30-8-6-14-5-7-29-12-14)20(25)23-17-4-3-15(11-22-17)21(26)27/h3-5,7,9-11,13-14H,6,8,12H2,1-2H3,(H,26,27)(H,22,23,25). The smallest absolute Gasteiger partial charge is 0.337 e. The van der Waals surface area contributed by atoms with Gasteiger partial charge in [-0.05, 0) is 49.8 Å². The Morgan fingerprint density at radius 3 is 2.80 bits per heavy atom. The molecule has 9 heteroatoms. The van der Waals surface area contributed by atoms with Gasteiger partial charge in [0.2, 0.25) is 5.88 Å². The number of thioether (sulfide) groups is 2. The third-order valence-corrected chi connectivity index (χ3v) is 6.06. The number of nitrogens with one attached hydrogen (secondary N) is 1. The average Bonchev–Trinajstić information content (AvgIpc) is 3.21. The van der Waals surface area contributed by atoms with Crippen molar-refractivity contribution in [3.05, 3.63) is 53.1 Å². The maximum Gasteiger partial charge on any atom is 0.337 e. The van der Waals surface area contributed by atoms with Crippen molar-refractivity contribution in [3.63, 3.8) is 0 Å². The van der Waals surface area contributed by atoms with E-state index in [1.165, 1.54) is 18.3 Å². The number of carboxylic acids is 1. The van der Waals surface area contributed by atoms with Crippen molar-refractivity contribution in [2.45, 2.75) is 31.4 Å². The minimum absolute atomic E-state index is 0.0544. The van der Waals surface area contributed by atoms with Gasteiger partial charge in [0.15, 0.2) is 0 Å². The topological polar surface area (TPSA) is 101 Å². The van der Waals surface area contributed by atoms with Crippen LogP contribution in [0, 0.1) is 5.92 Å². The number of aromatic nitrogens is 2. The predicted octanol–water partition coefficient (Wildman–Crippen LogP) is 4.57. The van der Waals surface area contributed by atoms with E-state index >= 15 is 0 Å². The van der Waals surface area contributed by atoms with Crippen molar-refractivity contribution >= 4 is 41.2 Å². The van der Waals surface area contributed by atoms with E-state index in [-0.39, 0.29) is 23.4 Å². The zero-order chi connectivity index (χ0) is 21.5. The van der Waals surface area contributed by atoms with Crippen LogP contribution >= 0.6 is 23.5 Å². The molecule has 1 aliphatic heterocycles. The average molecular weight is 446 g/mol. The molecule has 0 saturated carbocycles. The lowest BCUT2D eigenvalue weighted by molar-refractivity contribution is 0.0696. The molecule has 30 heavy (non-hydrogen) atoms. The second kappa shape index (κ2) is 10.5. The lowest BCUT2D eigenvalue weighted by Crippen LogP contribution is -2.15. The SMILES string of the molecule is CC(C)Oc1cc(C(=O)Nc2ccc(C(=O)O)cn2)cc(SCCC2C=CSC2)n1. The predicted molar refractivity (Wildman–Crippen MR) is 120 cm³/mol. The molecule has 158 valence electrons. The van der Waals surface area contributed by atoms with Crippen molar-refractivity contribution in [2.24, 2.45) is 5.92 Å². The number of amides is 1. The third kappa shape index (κ3) is 6.50. The maximum absolute atomic E-state index is 12.7. The lowest BCUT2D eigenvalue weighted by Gasteiger charge is -2.13. The number of carbonyl (C=O) groups is 2. The molecule has 1 amide bonds. The summed E-state index contributed by atoms with van der Waals surface area (Å²) in [7, 11) is 0. The molecule has 1 aliphatic rings. The largest absolute Gasteiger partial charge is 0.478 e. The summed E-state index contributed by atoms with van der Waals surface area (Å²) in [5.41, 5.74) is 0.460.